The molecule has 0 atom stereocenters. The second kappa shape index (κ2) is 4.46. The zero-order valence-corrected chi connectivity index (χ0v) is 11.2. The van der Waals surface area contributed by atoms with Crippen LogP contribution in [-0.2, 0) is 10.0 Å². The molecule has 2 aromatic rings. The summed E-state index contributed by atoms with van der Waals surface area (Å²) in [6.07, 6.45) is 4.29. The molecule has 6 nitrogen and oxygen atoms in total. The number of anilines is 1. The van der Waals surface area contributed by atoms with Gasteiger partial charge in [0.05, 0.1) is 22.1 Å². The standard InChI is InChI=1S/C9H9BrN4O2S/c1-6-9(5-12-13-6)17(15,16)14-8-2-3-11-4-7(8)10/h2-5H,1H3,(H,11,14)(H,12,13). The van der Waals surface area contributed by atoms with Crippen LogP contribution in [0.2, 0.25) is 0 Å². The van der Waals surface area contributed by atoms with Crippen LogP contribution in [0.4, 0.5) is 5.69 Å². The highest BCUT2D eigenvalue weighted by Gasteiger charge is 2.19. The Bertz CT molecular complexity index is 638. The maximum absolute atomic E-state index is 12.0. The third kappa shape index (κ3) is 2.47. The van der Waals surface area contributed by atoms with Crippen LogP contribution in [0.1, 0.15) is 5.69 Å². The largest absolute Gasteiger partial charge is 0.281 e. The first-order chi connectivity index (χ1) is 8.00. The van der Waals surface area contributed by atoms with Crippen molar-refractivity contribution in [2.75, 3.05) is 4.72 Å². The van der Waals surface area contributed by atoms with Gasteiger partial charge >= 0.3 is 0 Å². The maximum Gasteiger partial charge on any atom is 0.265 e. The van der Waals surface area contributed by atoms with E-state index in [1.807, 2.05) is 0 Å². The lowest BCUT2D eigenvalue weighted by atomic mass is 10.4. The van der Waals surface area contributed by atoms with E-state index in [9.17, 15) is 8.42 Å². The lowest BCUT2D eigenvalue weighted by Crippen LogP contribution is -2.13. The molecular weight excluding hydrogens is 308 g/mol. The second-order valence-electron chi connectivity index (χ2n) is 3.32. The van der Waals surface area contributed by atoms with E-state index < -0.39 is 10.0 Å². The maximum atomic E-state index is 12.0. The Labute approximate surface area is 107 Å². The number of halogens is 1. The van der Waals surface area contributed by atoms with Gasteiger partial charge in [-0.3, -0.25) is 14.8 Å². The van der Waals surface area contributed by atoms with Gasteiger partial charge in [0, 0.05) is 12.4 Å². The van der Waals surface area contributed by atoms with Crippen LogP contribution in [0.3, 0.4) is 0 Å². The number of aryl methyl sites for hydroxylation is 1. The molecule has 90 valence electrons. The first-order valence-electron chi connectivity index (χ1n) is 4.63. The number of aromatic amines is 1. The number of aromatic nitrogens is 3. The molecule has 0 spiro atoms. The molecule has 0 aliphatic rings. The summed E-state index contributed by atoms with van der Waals surface area (Å²) in [6, 6.07) is 1.57. The van der Waals surface area contributed by atoms with Crippen LogP contribution < -0.4 is 4.72 Å². The molecule has 2 aromatic heterocycles. The zero-order valence-electron chi connectivity index (χ0n) is 8.81. The van der Waals surface area contributed by atoms with Crippen LogP contribution in [-0.4, -0.2) is 23.6 Å². The zero-order chi connectivity index (χ0) is 12.5. The molecule has 0 unspecified atom stereocenters. The summed E-state index contributed by atoms with van der Waals surface area (Å²) in [4.78, 5) is 3.98. The molecule has 0 saturated carbocycles. The molecule has 0 aliphatic carbocycles. The third-order valence-corrected chi connectivity index (χ3v) is 4.20. The van der Waals surface area contributed by atoms with Crippen molar-refractivity contribution < 1.29 is 8.42 Å². The Kier molecular flexibility index (Phi) is 3.16. The first-order valence-corrected chi connectivity index (χ1v) is 6.90. The number of hydrogen-bond donors (Lipinski definition) is 2. The monoisotopic (exact) mass is 316 g/mol. The Hall–Kier alpha value is -1.41. The van der Waals surface area contributed by atoms with Gasteiger partial charge in [0.2, 0.25) is 0 Å². The lowest BCUT2D eigenvalue weighted by Gasteiger charge is -2.08. The van der Waals surface area contributed by atoms with Gasteiger partial charge in [-0.15, -0.1) is 0 Å². The van der Waals surface area contributed by atoms with Gasteiger partial charge in [-0.1, -0.05) is 0 Å². The summed E-state index contributed by atoms with van der Waals surface area (Å²) in [5.41, 5.74) is 0.920. The molecule has 2 N–H and O–H groups in total. The Morgan fingerprint density at radius 3 is 2.76 bits per heavy atom. The van der Waals surface area contributed by atoms with E-state index in [-0.39, 0.29) is 4.90 Å². The molecule has 2 rings (SSSR count). The van der Waals surface area contributed by atoms with Crippen molar-refractivity contribution >= 4 is 31.6 Å². The van der Waals surface area contributed by atoms with Gasteiger partial charge < -0.3 is 0 Å². The molecule has 0 amide bonds. The summed E-state index contributed by atoms with van der Waals surface area (Å²) in [7, 11) is -3.62. The summed E-state index contributed by atoms with van der Waals surface area (Å²) in [5.74, 6) is 0. The number of nitrogens with zero attached hydrogens (tertiary/aromatic N) is 2. The molecule has 0 aliphatic heterocycles. The molecule has 0 saturated heterocycles. The van der Waals surface area contributed by atoms with Crippen molar-refractivity contribution in [1.82, 2.24) is 15.2 Å². The minimum Gasteiger partial charge on any atom is -0.281 e. The number of H-pyrrole nitrogens is 1. The Balaban J connectivity index is 2.37. The third-order valence-electron chi connectivity index (χ3n) is 2.09. The van der Waals surface area contributed by atoms with E-state index >= 15 is 0 Å². The number of nitrogens with one attached hydrogen (secondary N) is 2. The topological polar surface area (TPSA) is 87.7 Å². The van der Waals surface area contributed by atoms with Gasteiger partial charge in [-0.2, -0.15) is 5.10 Å². The number of rotatable bonds is 3. The smallest absolute Gasteiger partial charge is 0.265 e. The average Bonchev–Trinajstić information content (AvgIpc) is 2.68. The molecular formula is C9H9BrN4O2S. The van der Waals surface area contributed by atoms with Crippen LogP contribution in [0.25, 0.3) is 0 Å². The van der Waals surface area contributed by atoms with E-state index in [0.717, 1.165) is 0 Å². The van der Waals surface area contributed by atoms with Crippen LogP contribution >= 0.6 is 15.9 Å². The van der Waals surface area contributed by atoms with Crippen molar-refractivity contribution in [2.24, 2.45) is 0 Å². The van der Waals surface area contributed by atoms with Crippen molar-refractivity contribution in [1.29, 1.82) is 0 Å². The highest BCUT2D eigenvalue weighted by atomic mass is 79.9. The van der Waals surface area contributed by atoms with Crippen molar-refractivity contribution in [3.63, 3.8) is 0 Å². The van der Waals surface area contributed by atoms with Gasteiger partial charge in [-0.25, -0.2) is 8.42 Å². The Morgan fingerprint density at radius 2 is 2.18 bits per heavy atom. The van der Waals surface area contributed by atoms with Crippen molar-refractivity contribution in [2.45, 2.75) is 11.8 Å². The lowest BCUT2D eigenvalue weighted by molar-refractivity contribution is 0.600. The average molecular weight is 317 g/mol. The van der Waals surface area contributed by atoms with E-state index in [0.29, 0.717) is 15.9 Å². The Morgan fingerprint density at radius 1 is 1.41 bits per heavy atom. The number of sulfonamides is 1. The molecule has 0 fully saturated rings. The molecule has 17 heavy (non-hydrogen) atoms. The summed E-state index contributed by atoms with van der Waals surface area (Å²) < 4.78 is 27.1. The molecule has 0 aromatic carbocycles. The quantitative estimate of drug-likeness (QED) is 0.901. The van der Waals surface area contributed by atoms with E-state index in [1.165, 1.54) is 18.6 Å². The van der Waals surface area contributed by atoms with E-state index in [4.69, 9.17) is 0 Å². The molecule has 2 heterocycles. The summed E-state index contributed by atoms with van der Waals surface area (Å²) >= 11 is 3.22. The van der Waals surface area contributed by atoms with E-state index in [2.05, 4.69) is 35.8 Å². The highest BCUT2D eigenvalue weighted by molar-refractivity contribution is 9.10. The van der Waals surface area contributed by atoms with Crippen LogP contribution in [0, 0.1) is 6.92 Å². The van der Waals surface area contributed by atoms with Gasteiger partial charge in [0.15, 0.2) is 0 Å². The molecule has 0 radical (unpaired) electrons. The second-order valence-corrected chi connectivity index (χ2v) is 5.83. The van der Waals surface area contributed by atoms with Gasteiger partial charge in [0.25, 0.3) is 10.0 Å². The van der Waals surface area contributed by atoms with Gasteiger partial charge in [0.1, 0.15) is 4.90 Å². The van der Waals surface area contributed by atoms with Crippen molar-refractivity contribution in [3.05, 3.63) is 34.8 Å². The van der Waals surface area contributed by atoms with Crippen LogP contribution in [0.5, 0.6) is 0 Å². The van der Waals surface area contributed by atoms with Crippen LogP contribution in [0.15, 0.2) is 34.0 Å². The fourth-order valence-corrected chi connectivity index (χ4v) is 2.97. The normalized spacial score (nSPS) is 11.4. The first kappa shape index (κ1) is 12.1. The predicted molar refractivity (Wildman–Crippen MR) is 66.1 cm³/mol. The predicted octanol–water partition coefficient (Wildman–Crippen LogP) is 1.68. The summed E-state index contributed by atoms with van der Waals surface area (Å²) in [6.45, 7) is 1.64. The minimum absolute atomic E-state index is 0.126. The minimum atomic E-state index is -3.62. The highest BCUT2D eigenvalue weighted by Crippen LogP contribution is 2.23. The number of pyridine rings is 1. The fraction of sp³-hybridized carbons (Fsp3) is 0.111. The number of hydrogen-bond acceptors (Lipinski definition) is 4. The molecule has 8 heteroatoms. The molecule has 0 bridgehead atoms. The van der Waals surface area contributed by atoms with E-state index in [1.54, 1.807) is 13.0 Å². The SMILES string of the molecule is Cc1[nH]ncc1S(=O)(=O)Nc1ccncc1Br. The summed E-state index contributed by atoms with van der Waals surface area (Å²) in [5, 5.41) is 6.27. The fourth-order valence-electron chi connectivity index (χ4n) is 1.27. The van der Waals surface area contributed by atoms with Gasteiger partial charge in [-0.05, 0) is 28.9 Å². The van der Waals surface area contributed by atoms with Crippen molar-refractivity contribution in [3.8, 4) is 0 Å².